The van der Waals surface area contributed by atoms with Crippen LogP contribution in [0.2, 0.25) is 0 Å². The zero-order valence-electron chi connectivity index (χ0n) is 11.8. The Balaban J connectivity index is 2.09. The lowest BCUT2D eigenvalue weighted by molar-refractivity contribution is 0.629. The monoisotopic (exact) mass is 288 g/mol. The minimum atomic E-state index is -0.303. The van der Waals surface area contributed by atoms with E-state index in [4.69, 9.17) is 5.73 Å². The van der Waals surface area contributed by atoms with Crippen molar-refractivity contribution in [1.29, 1.82) is 0 Å². The maximum Gasteiger partial charge on any atom is 0.204 e. The van der Waals surface area contributed by atoms with Crippen molar-refractivity contribution in [3.05, 3.63) is 29.8 Å². The molecule has 110 valence electrons. The minimum absolute atomic E-state index is 0.303. The van der Waals surface area contributed by atoms with E-state index in [9.17, 15) is 4.39 Å². The van der Waals surface area contributed by atoms with Crippen LogP contribution in [0.4, 0.5) is 10.2 Å². The van der Waals surface area contributed by atoms with Gasteiger partial charge in [0.05, 0.1) is 11.0 Å². The zero-order chi connectivity index (χ0) is 14.8. The van der Waals surface area contributed by atoms with Crippen LogP contribution in [-0.4, -0.2) is 32.7 Å². The molecular formula is C14H17FN6. The Morgan fingerprint density at radius 2 is 2.14 bits per heavy atom. The first-order valence-electron chi connectivity index (χ1n) is 6.95. The van der Waals surface area contributed by atoms with E-state index in [-0.39, 0.29) is 5.82 Å². The van der Waals surface area contributed by atoms with E-state index in [1.165, 1.54) is 12.1 Å². The molecule has 2 heterocycles. The number of rotatable bonds is 5. The summed E-state index contributed by atoms with van der Waals surface area (Å²) in [4.78, 5) is 4.52. The third-order valence-electron chi connectivity index (χ3n) is 3.37. The molecule has 2 aromatic heterocycles. The highest BCUT2D eigenvalue weighted by atomic mass is 19.1. The molecule has 0 amide bonds. The molecule has 0 fully saturated rings. The summed E-state index contributed by atoms with van der Waals surface area (Å²) in [5.41, 5.74) is 7.46. The summed E-state index contributed by atoms with van der Waals surface area (Å²) in [5, 5.41) is 11.5. The van der Waals surface area contributed by atoms with Gasteiger partial charge < -0.3 is 11.1 Å². The lowest BCUT2D eigenvalue weighted by Crippen LogP contribution is -2.09. The number of nitrogens with one attached hydrogen (secondary N) is 1. The standard InChI is InChI=1S/C14H17FN6/c1-9-19-20-14-13(17-7-3-2-6-16)18-11-5-4-10(15)8-12(11)21(9)14/h4-5,8H,2-3,6-7,16H2,1H3,(H,17,18). The van der Waals surface area contributed by atoms with Crippen molar-refractivity contribution in [3.63, 3.8) is 0 Å². The summed E-state index contributed by atoms with van der Waals surface area (Å²) in [6.45, 7) is 3.27. The smallest absolute Gasteiger partial charge is 0.204 e. The van der Waals surface area contributed by atoms with Crippen LogP contribution in [0.5, 0.6) is 0 Å². The van der Waals surface area contributed by atoms with E-state index in [1.807, 2.05) is 11.3 Å². The molecule has 0 atom stereocenters. The largest absolute Gasteiger partial charge is 0.367 e. The Hall–Kier alpha value is -2.28. The number of aryl methyl sites for hydroxylation is 1. The van der Waals surface area contributed by atoms with Gasteiger partial charge in [0.15, 0.2) is 5.82 Å². The summed E-state index contributed by atoms with van der Waals surface area (Å²) in [6, 6.07) is 4.51. The summed E-state index contributed by atoms with van der Waals surface area (Å²) < 4.78 is 15.3. The lowest BCUT2D eigenvalue weighted by atomic mass is 10.3. The predicted octanol–water partition coefficient (Wildman–Crippen LogP) is 1.88. The van der Waals surface area contributed by atoms with Crippen LogP contribution in [0.1, 0.15) is 18.7 Å². The Morgan fingerprint density at radius 1 is 1.29 bits per heavy atom. The van der Waals surface area contributed by atoms with Crippen LogP contribution < -0.4 is 11.1 Å². The minimum Gasteiger partial charge on any atom is -0.367 e. The molecule has 0 spiro atoms. The first-order chi connectivity index (χ1) is 10.2. The van der Waals surface area contributed by atoms with Gasteiger partial charge in [-0.25, -0.2) is 9.37 Å². The first kappa shape index (κ1) is 13.7. The number of aromatic nitrogens is 4. The zero-order valence-corrected chi connectivity index (χ0v) is 11.8. The predicted molar refractivity (Wildman–Crippen MR) is 79.8 cm³/mol. The van der Waals surface area contributed by atoms with E-state index in [0.717, 1.165) is 19.4 Å². The normalized spacial score (nSPS) is 11.4. The van der Waals surface area contributed by atoms with Crippen LogP contribution in [0.3, 0.4) is 0 Å². The van der Waals surface area contributed by atoms with E-state index in [2.05, 4.69) is 20.5 Å². The molecule has 21 heavy (non-hydrogen) atoms. The molecule has 6 nitrogen and oxygen atoms in total. The molecule has 7 heteroatoms. The van der Waals surface area contributed by atoms with Gasteiger partial charge in [-0.05, 0) is 38.4 Å². The van der Waals surface area contributed by atoms with Crippen LogP contribution in [-0.2, 0) is 0 Å². The molecule has 0 aliphatic heterocycles. The van der Waals surface area contributed by atoms with Crippen molar-refractivity contribution in [3.8, 4) is 0 Å². The first-order valence-corrected chi connectivity index (χ1v) is 6.95. The molecule has 0 radical (unpaired) electrons. The SMILES string of the molecule is Cc1nnc2c(NCCCCN)nc3ccc(F)cc3n12. The number of nitrogens with two attached hydrogens (primary N) is 1. The number of halogens is 1. The topological polar surface area (TPSA) is 81.1 Å². The summed E-state index contributed by atoms with van der Waals surface area (Å²) in [6.07, 6.45) is 1.91. The average Bonchev–Trinajstić information content (AvgIpc) is 2.86. The van der Waals surface area contributed by atoms with Gasteiger partial charge >= 0.3 is 0 Å². The molecule has 0 unspecified atom stereocenters. The van der Waals surface area contributed by atoms with Gasteiger partial charge in [0.1, 0.15) is 11.6 Å². The molecule has 0 saturated heterocycles. The van der Waals surface area contributed by atoms with Gasteiger partial charge in [0.25, 0.3) is 0 Å². The van der Waals surface area contributed by atoms with E-state index < -0.39 is 0 Å². The number of benzene rings is 1. The molecule has 3 aromatic rings. The third-order valence-corrected chi connectivity index (χ3v) is 3.37. The third kappa shape index (κ3) is 2.52. The van der Waals surface area contributed by atoms with Gasteiger partial charge in [0.2, 0.25) is 5.65 Å². The van der Waals surface area contributed by atoms with E-state index in [1.54, 1.807) is 6.07 Å². The van der Waals surface area contributed by atoms with Crippen molar-refractivity contribution < 1.29 is 4.39 Å². The second-order valence-corrected chi connectivity index (χ2v) is 4.92. The highest BCUT2D eigenvalue weighted by Gasteiger charge is 2.13. The fourth-order valence-corrected chi connectivity index (χ4v) is 2.34. The van der Waals surface area contributed by atoms with Crippen LogP contribution in [0.15, 0.2) is 18.2 Å². The number of fused-ring (bicyclic) bond motifs is 3. The van der Waals surface area contributed by atoms with Crippen molar-refractivity contribution >= 4 is 22.5 Å². The summed E-state index contributed by atoms with van der Waals surface area (Å²) in [5.74, 6) is 1.06. The van der Waals surface area contributed by atoms with Crippen molar-refractivity contribution in [2.45, 2.75) is 19.8 Å². The quantitative estimate of drug-likeness (QED) is 0.701. The van der Waals surface area contributed by atoms with Crippen LogP contribution in [0, 0.1) is 12.7 Å². The molecule has 3 rings (SSSR count). The molecule has 0 saturated carbocycles. The van der Waals surface area contributed by atoms with Gasteiger partial charge in [-0.15, -0.1) is 10.2 Å². The van der Waals surface area contributed by atoms with Crippen molar-refractivity contribution in [2.75, 3.05) is 18.4 Å². The summed E-state index contributed by atoms with van der Waals surface area (Å²) >= 11 is 0. The highest BCUT2D eigenvalue weighted by molar-refractivity contribution is 5.82. The Labute approximate surface area is 121 Å². The maximum absolute atomic E-state index is 13.5. The number of unbranched alkanes of at least 4 members (excludes halogenated alkanes) is 1. The second kappa shape index (κ2) is 5.61. The van der Waals surface area contributed by atoms with Crippen LogP contribution in [0.25, 0.3) is 16.7 Å². The molecule has 0 aliphatic carbocycles. The number of nitrogens with zero attached hydrogens (tertiary/aromatic N) is 4. The van der Waals surface area contributed by atoms with Gasteiger partial charge in [0, 0.05) is 12.6 Å². The lowest BCUT2D eigenvalue weighted by Gasteiger charge is -2.09. The number of anilines is 1. The maximum atomic E-state index is 13.5. The van der Waals surface area contributed by atoms with Crippen molar-refractivity contribution in [2.24, 2.45) is 5.73 Å². The molecule has 0 bridgehead atoms. The fourth-order valence-electron chi connectivity index (χ4n) is 2.34. The highest BCUT2D eigenvalue weighted by Crippen LogP contribution is 2.22. The van der Waals surface area contributed by atoms with E-state index >= 15 is 0 Å². The number of hydrogen-bond acceptors (Lipinski definition) is 5. The Morgan fingerprint density at radius 3 is 2.95 bits per heavy atom. The van der Waals surface area contributed by atoms with Crippen LogP contribution >= 0.6 is 0 Å². The molecule has 3 N–H and O–H groups in total. The van der Waals surface area contributed by atoms with Gasteiger partial charge in [-0.3, -0.25) is 4.40 Å². The molecule has 0 aliphatic rings. The Kier molecular flexibility index (Phi) is 3.66. The average molecular weight is 288 g/mol. The second-order valence-electron chi connectivity index (χ2n) is 4.92. The Bertz CT molecular complexity index is 782. The van der Waals surface area contributed by atoms with Gasteiger partial charge in [-0.2, -0.15) is 0 Å². The summed E-state index contributed by atoms with van der Waals surface area (Å²) in [7, 11) is 0. The van der Waals surface area contributed by atoms with E-state index in [0.29, 0.717) is 34.9 Å². The fraction of sp³-hybridized carbons (Fsp3) is 0.357. The molecular weight excluding hydrogens is 271 g/mol. The molecule has 1 aromatic carbocycles. The number of hydrogen-bond donors (Lipinski definition) is 2. The van der Waals surface area contributed by atoms with Crippen molar-refractivity contribution in [1.82, 2.24) is 19.6 Å². The van der Waals surface area contributed by atoms with Gasteiger partial charge in [-0.1, -0.05) is 0 Å².